The number of thiazole rings is 1. The van der Waals surface area contributed by atoms with Gasteiger partial charge in [-0.05, 0) is 25.5 Å². The highest BCUT2D eigenvalue weighted by Crippen LogP contribution is 2.27. The van der Waals surface area contributed by atoms with E-state index < -0.39 is 5.97 Å². The lowest BCUT2D eigenvalue weighted by Gasteiger charge is -2.03. The SMILES string of the molecule is Cc1ccc(C)c(-c2cn3cc(CC(=O)O)sc3n2)c1. The van der Waals surface area contributed by atoms with Gasteiger partial charge in [-0.1, -0.05) is 17.7 Å². The zero-order valence-corrected chi connectivity index (χ0v) is 12.1. The molecule has 0 aliphatic heterocycles. The zero-order valence-electron chi connectivity index (χ0n) is 11.3. The molecule has 2 aromatic heterocycles. The van der Waals surface area contributed by atoms with Crippen molar-refractivity contribution in [1.82, 2.24) is 9.38 Å². The third-order valence-corrected chi connectivity index (χ3v) is 4.19. The first-order valence-corrected chi connectivity index (χ1v) is 7.11. The van der Waals surface area contributed by atoms with E-state index in [9.17, 15) is 4.79 Å². The highest BCUT2D eigenvalue weighted by Gasteiger charge is 2.11. The summed E-state index contributed by atoms with van der Waals surface area (Å²) in [6.07, 6.45) is 3.85. The molecule has 4 nitrogen and oxygen atoms in total. The van der Waals surface area contributed by atoms with Crippen molar-refractivity contribution in [2.45, 2.75) is 20.3 Å². The second kappa shape index (κ2) is 4.76. The van der Waals surface area contributed by atoms with Crippen LogP contribution >= 0.6 is 11.3 Å². The fourth-order valence-electron chi connectivity index (χ4n) is 2.22. The monoisotopic (exact) mass is 286 g/mol. The van der Waals surface area contributed by atoms with Crippen molar-refractivity contribution in [3.63, 3.8) is 0 Å². The topological polar surface area (TPSA) is 54.6 Å². The molecule has 0 spiro atoms. The number of fused-ring (bicyclic) bond motifs is 1. The Morgan fingerprint density at radius 2 is 2.15 bits per heavy atom. The summed E-state index contributed by atoms with van der Waals surface area (Å²) in [5, 5.41) is 8.81. The highest BCUT2D eigenvalue weighted by atomic mass is 32.1. The second-order valence-electron chi connectivity index (χ2n) is 4.90. The minimum Gasteiger partial charge on any atom is -0.481 e. The number of rotatable bonds is 3. The van der Waals surface area contributed by atoms with E-state index in [1.165, 1.54) is 22.5 Å². The Morgan fingerprint density at radius 3 is 2.85 bits per heavy atom. The molecule has 0 amide bonds. The average molecular weight is 286 g/mol. The Morgan fingerprint density at radius 1 is 1.35 bits per heavy atom. The normalized spacial score (nSPS) is 11.1. The van der Waals surface area contributed by atoms with Gasteiger partial charge in [0.25, 0.3) is 0 Å². The Kier molecular flexibility index (Phi) is 3.06. The van der Waals surface area contributed by atoms with E-state index in [2.05, 4.69) is 37.0 Å². The Hall–Kier alpha value is -2.14. The highest BCUT2D eigenvalue weighted by molar-refractivity contribution is 7.17. The van der Waals surface area contributed by atoms with Crippen LogP contribution in [0.5, 0.6) is 0 Å². The quantitative estimate of drug-likeness (QED) is 0.803. The van der Waals surface area contributed by atoms with Crippen LogP contribution in [0.25, 0.3) is 16.2 Å². The van der Waals surface area contributed by atoms with Crippen molar-refractivity contribution < 1.29 is 9.90 Å². The lowest BCUT2D eigenvalue weighted by molar-refractivity contribution is -0.136. The molecule has 0 aliphatic rings. The third kappa shape index (κ3) is 2.32. The van der Waals surface area contributed by atoms with Gasteiger partial charge in [0.05, 0.1) is 12.1 Å². The van der Waals surface area contributed by atoms with Crippen LogP contribution in [-0.4, -0.2) is 20.5 Å². The molecule has 0 fully saturated rings. The van der Waals surface area contributed by atoms with Gasteiger partial charge >= 0.3 is 5.97 Å². The summed E-state index contributed by atoms with van der Waals surface area (Å²) in [4.78, 5) is 17.0. The molecule has 1 aromatic carbocycles. The summed E-state index contributed by atoms with van der Waals surface area (Å²) in [5.41, 5.74) is 4.45. The molecule has 102 valence electrons. The molecule has 0 radical (unpaired) electrons. The van der Waals surface area contributed by atoms with Crippen LogP contribution in [0.3, 0.4) is 0 Å². The molecule has 0 atom stereocenters. The number of carbonyl (C=O) groups is 1. The van der Waals surface area contributed by atoms with Crippen LogP contribution in [0.2, 0.25) is 0 Å². The van der Waals surface area contributed by atoms with Gasteiger partial charge in [0.15, 0.2) is 4.96 Å². The minimum atomic E-state index is -0.816. The number of aromatic nitrogens is 2. The van der Waals surface area contributed by atoms with E-state index in [1.807, 2.05) is 16.8 Å². The van der Waals surface area contributed by atoms with Crippen molar-refractivity contribution in [2.75, 3.05) is 0 Å². The lowest BCUT2D eigenvalue weighted by atomic mass is 10.0. The molecule has 2 heterocycles. The van der Waals surface area contributed by atoms with Crippen molar-refractivity contribution >= 4 is 22.3 Å². The number of nitrogens with zero attached hydrogens (tertiary/aromatic N) is 2. The number of imidazole rings is 1. The fraction of sp³-hybridized carbons (Fsp3) is 0.200. The molecule has 0 unspecified atom stereocenters. The third-order valence-electron chi connectivity index (χ3n) is 3.20. The average Bonchev–Trinajstić information content (AvgIpc) is 2.89. The second-order valence-corrected chi connectivity index (χ2v) is 6.00. The first kappa shape index (κ1) is 12.9. The lowest BCUT2D eigenvalue weighted by Crippen LogP contribution is -1.97. The van der Waals surface area contributed by atoms with Gasteiger partial charge in [-0.2, -0.15) is 0 Å². The van der Waals surface area contributed by atoms with Crippen LogP contribution < -0.4 is 0 Å². The number of carboxylic acids is 1. The van der Waals surface area contributed by atoms with Gasteiger partial charge in [-0.3, -0.25) is 9.20 Å². The van der Waals surface area contributed by atoms with E-state index in [1.54, 1.807) is 0 Å². The predicted molar refractivity (Wildman–Crippen MR) is 79.3 cm³/mol. The number of aryl methyl sites for hydroxylation is 2. The summed E-state index contributed by atoms with van der Waals surface area (Å²) in [6, 6.07) is 6.30. The molecule has 0 bridgehead atoms. The fourth-order valence-corrected chi connectivity index (χ4v) is 3.17. The van der Waals surface area contributed by atoms with Crippen molar-refractivity contribution in [3.05, 3.63) is 46.6 Å². The first-order valence-electron chi connectivity index (χ1n) is 6.30. The zero-order chi connectivity index (χ0) is 14.3. The largest absolute Gasteiger partial charge is 0.481 e. The number of hydrogen-bond acceptors (Lipinski definition) is 3. The molecule has 3 rings (SSSR count). The standard InChI is InChI=1S/C15H14N2O2S/c1-9-3-4-10(2)12(5-9)13-8-17-7-11(6-14(18)19)20-15(17)16-13/h3-5,7-8H,6H2,1-2H3,(H,18,19). The van der Waals surface area contributed by atoms with Crippen LogP contribution in [0.4, 0.5) is 0 Å². The maximum atomic E-state index is 10.7. The van der Waals surface area contributed by atoms with Crippen molar-refractivity contribution in [1.29, 1.82) is 0 Å². The molecule has 3 aromatic rings. The summed E-state index contributed by atoms with van der Waals surface area (Å²) >= 11 is 1.42. The van der Waals surface area contributed by atoms with E-state index in [-0.39, 0.29) is 6.42 Å². The first-order chi connectivity index (χ1) is 9.52. The number of aliphatic carboxylic acids is 1. The number of benzene rings is 1. The van der Waals surface area contributed by atoms with E-state index in [4.69, 9.17) is 5.11 Å². The predicted octanol–water partition coefficient (Wildman–Crippen LogP) is 3.31. The van der Waals surface area contributed by atoms with Gasteiger partial charge in [0.1, 0.15) is 0 Å². The van der Waals surface area contributed by atoms with E-state index in [0.717, 1.165) is 21.1 Å². The van der Waals surface area contributed by atoms with Gasteiger partial charge in [-0.25, -0.2) is 4.98 Å². The Bertz CT molecular complexity index is 770. The molecule has 20 heavy (non-hydrogen) atoms. The minimum absolute atomic E-state index is 0.0484. The molecule has 0 saturated heterocycles. The van der Waals surface area contributed by atoms with Crippen LogP contribution in [0.15, 0.2) is 30.6 Å². The van der Waals surface area contributed by atoms with Gasteiger partial charge in [0.2, 0.25) is 0 Å². The van der Waals surface area contributed by atoms with Crippen molar-refractivity contribution in [2.24, 2.45) is 0 Å². The number of carboxylic acid groups (broad SMARTS) is 1. The maximum absolute atomic E-state index is 10.7. The molecular formula is C15H14N2O2S. The van der Waals surface area contributed by atoms with Gasteiger partial charge in [0, 0.05) is 22.8 Å². The molecule has 5 heteroatoms. The van der Waals surface area contributed by atoms with E-state index >= 15 is 0 Å². The van der Waals surface area contributed by atoms with E-state index in [0.29, 0.717) is 0 Å². The van der Waals surface area contributed by atoms with Crippen LogP contribution in [0, 0.1) is 13.8 Å². The van der Waals surface area contributed by atoms with Crippen LogP contribution in [-0.2, 0) is 11.2 Å². The summed E-state index contributed by atoms with van der Waals surface area (Å²) in [5.74, 6) is -0.816. The van der Waals surface area contributed by atoms with Crippen molar-refractivity contribution in [3.8, 4) is 11.3 Å². The molecule has 0 aliphatic carbocycles. The molecular weight excluding hydrogens is 272 g/mol. The summed E-state index contributed by atoms with van der Waals surface area (Å²) in [7, 11) is 0. The number of hydrogen-bond donors (Lipinski definition) is 1. The molecule has 0 saturated carbocycles. The van der Waals surface area contributed by atoms with Crippen LogP contribution in [0.1, 0.15) is 16.0 Å². The Labute approximate surface area is 120 Å². The van der Waals surface area contributed by atoms with Gasteiger partial charge < -0.3 is 5.11 Å². The van der Waals surface area contributed by atoms with Gasteiger partial charge in [-0.15, -0.1) is 11.3 Å². The summed E-state index contributed by atoms with van der Waals surface area (Å²) < 4.78 is 1.90. The molecule has 1 N–H and O–H groups in total. The smallest absolute Gasteiger partial charge is 0.308 e. The summed E-state index contributed by atoms with van der Waals surface area (Å²) in [6.45, 7) is 4.13. The maximum Gasteiger partial charge on any atom is 0.308 e. The Balaban J connectivity index is 2.03.